The van der Waals surface area contributed by atoms with E-state index in [-0.39, 0.29) is 16.8 Å². The van der Waals surface area contributed by atoms with Crippen LogP contribution in [0.25, 0.3) is 0 Å². The molecule has 0 amide bonds. The highest BCUT2D eigenvalue weighted by Gasteiger charge is 2.30. The molecule has 0 aliphatic rings. The predicted octanol–water partition coefficient (Wildman–Crippen LogP) is 14.8. The SMILES string of the molecule is CCCCCCCCCCOC(C)(C)Cc1ccc(O)c(CC(C)(C)OCCCCCCCCCC)c1CC(C)(C)OCCCCCCCCCC. The van der Waals surface area contributed by atoms with Crippen molar-refractivity contribution in [2.45, 2.75) is 252 Å². The second-order valence-corrected chi connectivity index (χ2v) is 18.0. The number of phenols is 1. The zero-order chi connectivity index (χ0) is 38.6. The van der Waals surface area contributed by atoms with Gasteiger partial charge in [-0.15, -0.1) is 0 Å². The van der Waals surface area contributed by atoms with Gasteiger partial charge in [0, 0.05) is 44.6 Å². The lowest BCUT2D eigenvalue weighted by Gasteiger charge is -2.33. The number of hydrogen-bond acceptors (Lipinski definition) is 4. The average Bonchev–Trinajstić information content (AvgIpc) is 3.08. The van der Waals surface area contributed by atoms with E-state index in [0.717, 1.165) is 57.5 Å². The number of ether oxygens (including phenoxy) is 3. The van der Waals surface area contributed by atoms with Gasteiger partial charge in [0.2, 0.25) is 0 Å². The molecule has 0 unspecified atom stereocenters. The van der Waals surface area contributed by atoms with Gasteiger partial charge < -0.3 is 19.3 Å². The molecule has 306 valence electrons. The Labute approximate surface area is 325 Å². The predicted molar refractivity (Wildman–Crippen MR) is 227 cm³/mol. The van der Waals surface area contributed by atoms with Crippen molar-refractivity contribution in [1.82, 2.24) is 0 Å². The molecule has 1 N–H and O–H groups in total. The first-order valence-electron chi connectivity index (χ1n) is 22.6. The third-order valence-electron chi connectivity index (χ3n) is 10.8. The van der Waals surface area contributed by atoms with Gasteiger partial charge in [-0.1, -0.05) is 162 Å². The van der Waals surface area contributed by atoms with Crippen molar-refractivity contribution in [3.63, 3.8) is 0 Å². The molecule has 1 aromatic rings. The van der Waals surface area contributed by atoms with E-state index >= 15 is 0 Å². The number of aromatic hydroxyl groups is 1. The van der Waals surface area contributed by atoms with Crippen molar-refractivity contribution >= 4 is 0 Å². The average molecular weight is 731 g/mol. The van der Waals surface area contributed by atoms with Crippen LogP contribution in [0, 0.1) is 0 Å². The summed E-state index contributed by atoms with van der Waals surface area (Å²) in [4.78, 5) is 0. The van der Waals surface area contributed by atoms with E-state index in [1.54, 1.807) is 0 Å². The van der Waals surface area contributed by atoms with Crippen LogP contribution >= 0.6 is 0 Å². The second-order valence-electron chi connectivity index (χ2n) is 18.0. The maximum atomic E-state index is 11.4. The third kappa shape index (κ3) is 25.1. The second kappa shape index (κ2) is 29.2. The molecule has 0 saturated heterocycles. The Hall–Kier alpha value is -1.10. The first-order valence-corrected chi connectivity index (χ1v) is 22.6. The minimum Gasteiger partial charge on any atom is -0.508 e. The number of hydrogen-bond donors (Lipinski definition) is 1. The lowest BCUT2D eigenvalue weighted by molar-refractivity contribution is -0.0253. The molecule has 0 atom stereocenters. The maximum absolute atomic E-state index is 11.4. The molecule has 0 spiro atoms. The maximum Gasteiger partial charge on any atom is 0.119 e. The minimum atomic E-state index is -0.378. The quantitative estimate of drug-likeness (QED) is 0.0698. The molecule has 0 bridgehead atoms. The van der Waals surface area contributed by atoms with Crippen LogP contribution in [0.2, 0.25) is 0 Å². The van der Waals surface area contributed by atoms with E-state index in [2.05, 4.69) is 68.4 Å². The molecule has 4 heteroatoms. The minimum absolute atomic E-state index is 0.297. The van der Waals surface area contributed by atoms with E-state index in [9.17, 15) is 5.11 Å². The fourth-order valence-electron chi connectivity index (χ4n) is 7.53. The van der Waals surface area contributed by atoms with E-state index in [1.165, 1.54) is 146 Å². The fraction of sp³-hybridized carbons (Fsp3) is 0.875. The zero-order valence-corrected chi connectivity index (χ0v) is 36.5. The lowest BCUT2D eigenvalue weighted by atomic mass is 9.83. The highest BCUT2D eigenvalue weighted by atomic mass is 16.5. The van der Waals surface area contributed by atoms with Gasteiger partial charge in [-0.05, 0) is 78.0 Å². The standard InChI is InChI=1S/C48H90O4/c1-10-13-16-19-22-25-28-31-36-50-46(4,5)39-42-34-35-45(49)44(41-48(8,9)52-38-33-30-27-24-21-18-15-12-3)43(42)40-47(6,7)51-37-32-29-26-23-20-17-14-11-2/h34-35,49H,10-33,36-41H2,1-9H3. The topological polar surface area (TPSA) is 47.9 Å². The molecular weight excluding hydrogens is 641 g/mol. The summed E-state index contributed by atoms with van der Waals surface area (Å²) in [6.07, 6.45) is 33.4. The Bertz CT molecular complexity index is 981. The largest absolute Gasteiger partial charge is 0.508 e. The van der Waals surface area contributed by atoms with E-state index < -0.39 is 0 Å². The molecule has 52 heavy (non-hydrogen) atoms. The van der Waals surface area contributed by atoms with Gasteiger partial charge in [0.1, 0.15) is 5.75 Å². The molecule has 0 fully saturated rings. The molecule has 0 aromatic heterocycles. The summed E-state index contributed by atoms with van der Waals surface area (Å²) in [5, 5.41) is 11.4. The first kappa shape index (κ1) is 48.9. The molecule has 1 aromatic carbocycles. The van der Waals surface area contributed by atoms with Crippen LogP contribution in [0.4, 0.5) is 0 Å². The van der Waals surface area contributed by atoms with Crippen molar-refractivity contribution in [3.8, 4) is 5.75 Å². The van der Waals surface area contributed by atoms with Gasteiger partial charge in [-0.25, -0.2) is 0 Å². The summed E-state index contributed by atoms with van der Waals surface area (Å²) in [6, 6.07) is 4.05. The van der Waals surface area contributed by atoms with E-state index in [4.69, 9.17) is 14.2 Å². The first-order chi connectivity index (χ1) is 24.9. The van der Waals surface area contributed by atoms with Crippen LogP contribution < -0.4 is 0 Å². The van der Waals surface area contributed by atoms with Crippen LogP contribution in [-0.2, 0) is 33.5 Å². The Morgan fingerprint density at radius 1 is 0.385 bits per heavy atom. The Kier molecular flexibility index (Phi) is 27.5. The molecule has 0 radical (unpaired) electrons. The van der Waals surface area contributed by atoms with Crippen molar-refractivity contribution in [2.75, 3.05) is 19.8 Å². The third-order valence-corrected chi connectivity index (χ3v) is 10.8. The molecule has 0 heterocycles. The summed E-state index contributed by atoms with van der Waals surface area (Å²) >= 11 is 0. The lowest BCUT2D eigenvalue weighted by Crippen LogP contribution is -2.33. The fourth-order valence-corrected chi connectivity index (χ4v) is 7.53. The number of rotatable bonds is 36. The number of unbranched alkanes of at least 4 members (excludes halogenated alkanes) is 21. The molecule has 4 nitrogen and oxygen atoms in total. The van der Waals surface area contributed by atoms with Crippen molar-refractivity contribution < 1.29 is 19.3 Å². The van der Waals surface area contributed by atoms with Crippen LogP contribution in [0.15, 0.2) is 12.1 Å². The van der Waals surface area contributed by atoms with E-state index in [0.29, 0.717) is 12.2 Å². The summed E-state index contributed by atoms with van der Waals surface area (Å²) in [5.74, 6) is 0.374. The van der Waals surface area contributed by atoms with Gasteiger partial charge in [-0.2, -0.15) is 0 Å². The monoisotopic (exact) mass is 731 g/mol. The summed E-state index contributed by atoms with van der Waals surface area (Å²) in [6.45, 7) is 22.5. The highest BCUT2D eigenvalue weighted by molar-refractivity contribution is 5.46. The summed E-state index contributed by atoms with van der Waals surface area (Å²) < 4.78 is 19.7. The van der Waals surface area contributed by atoms with Gasteiger partial charge in [0.15, 0.2) is 0 Å². The Morgan fingerprint density at radius 2 is 0.673 bits per heavy atom. The van der Waals surface area contributed by atoms with Crippen molar-refractivity contribution in [3.05, 3.63) is 28.8 Å². The van der Waals surface area contributed by atoms with Crippen LogP contribution in [0.1, 0.15) is 233 Å². The van der Waals surface area contributed by atoms with Crippen LogP contribution in [0.5, 0.6) is 5.75 Å². The summed E-state index contributed by atoms with van der Waals surface area (Å²) in [7, 11) is 0. The Morgan fingerprint density at radius 3 is 1.02 bits per heavy atom. The molecule has 0 saturated carbocycles. The summed E-state index contributed by atoms with van der Waals surface area (Å²) in [5.41, 5.74) is 2.47. The van der Waals surface area contributed by atoms with E-state index in [1.807, 2.05) is 6.07 Å². The molecular formula is C48H90O4. The van der Waals surface area contributed by atoms with Crippen molar-refractivity contribution in [1.29, 1.82) is 0 Å². The van der Waals surface area contributed by atoms with Gasteiger partial charge in [-0.3, -0.25) is 0 Å². The van der Waals surface area contributed by atoms with Gasteiger partial charge >= 0.3 is 0 Å². The van der Waals surface area contributed by atoms with Gasteiger partial charge in [0.25, 0.3) is 0 Å². The van der Waals surface area contributed by atoms with Crippen LogP contribution in [-0.4, -0.2) is 41.7 Å². The van der Waals surface area contributed by atoms with Gasteiger partial charge in [0.05, 0.1) is 16.8 Å². The Balaban J connectivity index is 2.94. The molecule has 0 aliphatic carbocycles. The van der Waals surface area contributed by atoms with Crippen molar-refractivity contribution in [2.24, 2.45) is 0 Å². The number of phenolic OH excluding ortho intramolecular Hbond substituents is 1. The molecule has 1 rings (SSSR count). The highest BCUT2D eigenvalue weighted by Crippen LogP contribution is 2.35. The number of benzene rings is 1. The smallest absolute Gasteiger partial charge is 0.119 e. The zero-order valence-electron chi connectivity index (χ0n) is 36.5. The molecule has 0 aliphatic heterocycles. The van der Waals surface area contributed by atoms with Crippen LogP contribution in [0.3, 0.4) is 0 Å². The normalized spacial score (nSPS) is 12.6.